The number of aliphatic carboxylic acids is 2. The molecule has 3 rings (SSSR count). The average Bonchev–Trinajstić information content (AvgIpc) is 3.12. The number of hydrogen-bond acceptors (Lipinski definition) is 8. The van der Waals surface area contributed by atoms with Crippen LogP contribution < -0.4 is 15.4 Å². The summed E-state index contributed by atoms with van der Waals surface area (Å²) in [6.45, 7) is 7.27. The standard InChI is InChI=1S/C22H29ClN2O2.C4H6O6/c1-22(2,14-26)15-27-18-6-3-16(4-7-18)13-25-21-19-10-12-24-11-9-17(19)5-8-20(21)23;5-1(3(7)8)2(6)4(9)10/h3-8,24-26H,9-15H2,1-2H3;1-2,5-6H,(H,7,8)(H,9,10)/t;1-,2-/m.1/s1. The molecule has 204 valence electrons. The molecular formula is C26H35ClN2O8. The Balaban J connectivity index is 0.000000410. The van der Waals surface area contributed by atoms with Crippen LogP contribution in [-0.4, -0.2) is 76.0 Å². The molecule has 0 radical (unpaired) electrons. The summed E-state index contributed by atoms with van der Waals surface area (Å²) in [6, 6.07) is 12.2. The Morgan fingerprint density at radius 3 is 2.19 bits per heavy atom. The smallest absolute Gasteiger partial charge is 0.335 e. The molecule has 37 heavy (non-hydrogen) atoms. The number of hydrogen-bond donors (Lipinski definition) is 7. The fourth-order valence-corrected chi connectivity index (χ4v) is 3.67. The molecule has 0 aromatic heterocycles. The van der Waals surface area contributed by atoms with Gasteiger partial charge < -0.3 is 40.9 Å². The highest BCUT2D eigenvalue weighted by atomic mass is 35.5. The maximum atomic E-state index is 9.77. The Kier molecular flexibility index (Phi) is 11.6. The van der Waals surface area contributed by atoms with Crippen LogP contribution in [0.4, 0.5) is 5.69 Å². The van der Waals surface area contributed by atoms with Crippen LogP contribution in [0, 0.1) is 5.41 Å². The number of anilines is 1. The second-order valence-electron chi connectivity index (χ2n) is 9.48. The molecular weight excluding hydrogens is 504 g/mol. The highest BCUT2D eigenvalue weighted by molar-refractivity contribution is 6.33. The number of halogens is 1. The van der Waals surface area contributed by atoms with Gasteiger partial charge in [-0.1, -0.05) is 43.6 Å². The van der Waals surface area contributed by atoms with Crippen molar-refractivity contribution < 1.29 is 39.9 Å². The van der Waals surface area contributed by atoms with E-state index in [4.69, 9.17) is 36.8 Å². The van der Waals surface area contributed by atoms with Crippen LogP contribution in [0.3, 0.4) is 0 Å². The lowest BCUT2D eigenvalue weighted by Gasteiger charge is -2.21. The molecule has 7 N–H and O–H groups in total. The van der Waals surface area contributed by atoms with Crippen molar-refractivity contribution >= 4 is 29.2 Å². The molecule has 11 heteroatoms. The van der Waals surface area contributed by atoms with Gasteiger partial charge in [0.1, 0.15) is 5.75 Å². The normalized spacial score (nSPS) is 14.8. The highest BCUT2D eigenvalue weighted by Crippen LogP contribution is 2.31. The predicted molar refractivity (Wildman–Crippen MR) is 139 cm³/mol. The SMILES string of the molecule is CC(C)(CO)COc1ccc(CNc2c(Cl)ccc3c2CCNCC3)cc1.O=C(O)[C@H](O)[C@@H](O)C(=O)O. The summed E-state index contributed by atoms with van der Waals surface area (Å²) in [4.78, 5) is 19.5. The number of carbonyl (C=O) groups is 2. The Morgan fingerprint density at radius 1 is 1.03 bits per heavy atom. The third-order valence-corrected chi connectivity index (χ3v) is 6.05. The van der Waals surface area contributed by atoms with Gasteiger partial charge in [0.2, 0.25) is 0 Å². The summed E-state index contributed by atoms with van der Waals surface area (Å²) >= 11 is 6.48. The molecule has 1 aliphatic rings. The summed E-state index contributed by atoms with van der Waals surface area (Å²) in [6.07, 6.45) is -2.50. The van der Waals surface area contributed by atoms with Crippen LogP contribution >= 0.6 is 11.6 Å². The van der Waals surface area contributed by atoms with Crippen LogP contribution in [0.25, 0.3) is 0 Å². The minimum Gasteiger partial charge on any atom is -0.493 e. The van der Waals surface area contributed by atoms with E-state index < -0.39 is 24.1 Å². The molecule has 2 aromatic carbocycles. The van der Waals surface area contributed by atoms with E-state index in [1.54, 1.807) is 0 Å². The molecule has 2 atom stereocenters. The first-order valence-electron chi connectivity index (χ1n) is 11.8. The van der Waals surface area contributed by atoms with Crippen molar-refractivity contribution in [2.45, 2.75) is 45.4 Å². The van der Waals surface area contributed by atoms with Crippen LogP contribution in [-0.2, 0) is 29.0 Å². The van der Waals surface area contributed by atoms with Crippen molar-refractivity contribution in [3.8, 4) is 5.75 Å². The zero-order valence-corrected chi connectivity index (χ0v) is 21.7. The molecule has 0 fully saturated rings. The third-order valence-electron chi connectivity index (χ3n) is 5.74. The molecule has 2 aromatic rings. The van der Waals surface area contributed by atoms with Crippen LogP contribution in [0.1, 0.15) is 30.5 Å². The van der Waals surface area contributed by atoms with E-state index in [1.807, 2.05) is 32.0 Å². The van der Waals surface area contributed by atoms with Gasteiger partial charge in [0.15, 0.2) is 12.2 Å². The second-order valence-corrected chi connectivity index (χ2v) is 9.89. The van der Waals surface area contributed by atoms with Crippen molar-refractivity contribution in [1.29, 1.82) is 0 Å². The number of benzene rings is 2. The third kappa shape index (κ3) is 9.49. The topological polar surface area (TPSA) is 169 Å². The van der Waals surface area contributed by atoms with E-state index in [2.05, 4.69) is 28.8 Å². The average molecular weight is 539 g/mol. The molecule has 1 aliphatic heterocycles. The Labute approximate surface area is 220 Å². The fourth-order valence-electron chi connectivity index (χ4n) is 3.42. The van der Waals surface area contributed by atoms with Gasteiger partial charge in [-0.05, 0) is 60.8 Å². The van der Waals surface area contributed by atoms with Crippen LogP contribution in [0.5, 0.6) is 5.75 Å². The molecule has 0 bridgehead atoms. The Morgan fingerprint density at radius 2 is 1.62 bits per heavy atom. The molecule has 0 aliphatic carbocycles. The van der Waals surface area contributed by atoms with Gasteiger partial charge in [-0.3, -0.25) is 0 Å². The molecule has 0 saturated carbocycles. The maximum Gasteiger partial charge on any atom is 0.335 e. The number of aliphatic hydroxyl groups is 3. The van der Waals surface area contributed by atoms with Crippen LogP contribution in [0.15, 0.2) is 36.4 Å². The van der Waals surface area contributed by atoms with E-state index in [9.17, 15) is 14.7 Å². The summed E-state index contributed by atoms with van der Waals surface area (Å²) in [5, 5.41) is 49.6. The van der Waals surface area contributed by atoms with E-state index in [1.165, 1.54) is 16.7 Å². The van der Waals surface area contributed by atoms with Crippen molar-refractivity contribution in [3.05, 3.63) is 58.1 Å². The van der Waals surface area contributed by atoms with Gasteiger partial charge >= 0.3 is 11.9 Å². The summed E-state index contributed by atoms with van der Waals surface area (Å²) in [7, 11) is 0. The van der Waals surface area contributed by atoms with Crippen LogP contribution in [0.2, 0.25) is 5.02 Å². The monoisotopic (exact) mass is 538 g/mol. The van der Waals surface area contributed by atoms with Crippen molar-refractivity contribution in [2.75, 3.05) is 31.6 Å². The number of ether oxygens (including phenoxy) is 1. The lowest BCUT2D eigenvalue weighted by molar-refractivity contribution is -0.165. The number of fused-ring (bicyclic) bond motifs is 1. The quantitative estimate of drug-likeness (QED) is 0.237. The first kappa shape index (κ1) is 30.3. The number of rotatable bonds is 10. The van der Waals surface area contributed by atoms with E-state index in [0.29, 0.717) is 13.2 Å². The molecule has 10 nitrogen and oxygen atoms in total. The zero-order valence-electron chi connectivity index (χ0n) is 20.9. The van der Waals surface area contributed by atoms with Gasteiger partial charge in [0, 0.05) is 12.0 Å². The van der Waals surface area contributed by atoms with Gasteiger partial charge in [-0.2, -0.15) is 0 Å². The zero-order chi connectivity index (χ0) is 27.6. The van der Waals surface area contributed by atoms with Gasteiger partial charge in [-0.25, -0.2) is 9.59 Å². The number of carboxylic acid groups (broad SMARTS) is 2. The summed E-state index contributed by atoms with van der Waals surface area (Å²) < 4.78 is 5.78. The molecule has 0 spiro atoms. The lowest BCUT2D eigenvalue weighted by Crippen LogP contribution is -2.39. The van der Waals surface area contributed by atoms with Gasteiger partial charge in [0.05, 0.1) is 23.9 Å². The van der Waals surface area contributed by atoms with E-state index in [-0.39, 0.29) is 12.0 Å². The first-order chi connectivity index (χ1) is 17.4. The number of aliphatic hydroxyl groups excluding tert-OH is 3. The van der Waals surface area contributed by atoms with Crippen molar-refractivity contribution in [1.82, 2.24) is 5.32 Å². The Hall–Kier alpha value is -2.89. The molecule has 1 heterocycles. The fraction of sp³-hybridized carbons (Fsp3) is 0.462. The Bertz CT molecular complexity index is 1030. The maximum absolute atomic E-state index is 9.77. The second kappa shape index (κ2) is 14.2. The number of carboxylic acids is 2. The molecule has 0 unspecified atom stereocenters. The molecule has 0 saturated heterocycles. The van der Waals surface area contributed by atoms with E-state index in [0.717, 1.165) is 42.4 Å². The minimum atomic E-state index is -2.27. The molecule has 0 amide bonds. The van der Waals surface area contributed by atoms with Crippen molar-refractivity contribution in [3.63, 3.8) is 0 Å². The van der Waals surface area contributed by atoms with Gasteiger partial charge in [-0.15, -0.1) is 0 Å². The summed E-state index contributed by atoms with van der Waals surface area (Å²) in [5.74, 6) is -2.72. The van der Waals surface area contributed by atoms with Crippen molar-refractivity contribution in [2.24, 2.45) is 5.41 Å². The lowest BCUT2D eigenvalue weighted by atomic mass is 9.96. The largest absolute Gasteiger partial charge is 0.493 e. The predicted octanol–water partition coefficient (Wildman–Crippen LogP) is 1.91. The minimum absolute atomic E-state index is 0.104. The highest BCUT2D eigenvalue weighted by Gasteiger charge is 2.29. The number of nitrogens with one attached hydrogen (secondary N) is 2. The van der Waals surface area contributed by atoms with Gasteiger partial charge in [0.25, 0.3) is 0 Å². The first-order valence-corrected chi connectivity index (χ1v) is 12.2. The summed E-state index contributed by atoms with van der Waals surface area (Å²) in [5.41, 5.74) is 4.70. The van der Waals surface area contributed by atoms with E-state index >= 15 is 0 Å².